The van der Waals surface area contributed by atoms with Gasteiger partial charge in [-0.15, -0.1) is 0 Å². The molecular formula is C20H23N5. The quantitative estimate of drug-likeness (QED) is 0.791. The van der Waals surface area contributed by atoms with Crippen LogP contribution in [0.25, 0.3) is 11.1 Å². The van der Waals surface area contributed by atoms with E-state index in [0.29, 0.717) is 0 Å². The summed E-state index contributed by atoms with van der Waals surface area (Å²) in [5.41, 5.74) is 6.10. The van der Waals surface area contributed by atoms with Crippen LogP contribution in [0.1, 0.15) is 35.5 Å². The molecule has 5 nitrogen and oxygen atoms in total. The van der Waals surface area contributed by atoms with Crippen molar-refractivity contribution in [2.24, 2.45) is 7.05 Å². The minimum atomic E-state index is 0.761. The van der Waals surface area contributed by atoms with Gasteiger partial charge in [0.25, 0.3) is 0 Å². The molecule has 0 saturated heterocycles. The van der Waals surface area contributed by atoms with Crippen molar-refractivity contribution < 1.29 is 0 Å². The van der Waals surface area contributed by atoms with Crippen molar-refractivity contribution >= 4 is 5.82 Å². The number of nitrogens with one attached hydrogen (secondary N) is 1. The summed E-state index contributed by atoms with van der Waals surface area (Å²) in [6, 6.07) is 8.58. The highest BCUT2D eigenvalue weighted by atomic mass is 15.2. The molecule has 1 aromatic carbocycles. The number of benzene rings is 1. The zero-order valence-corrected chi connectivity index (χ0v) is 14.8. The SMILES string of the molecule is Cc1nc2c(c(NCc3cccc(-c4cnn(C)c4)c3)n1)CCCC2. The smallest absolute Gasteiger partial charge is 0.133 e. The summed E-state index contributed by atoms with van der Waals surface area (Å²) < 4.78 is 1.83. The summed E-state index contributed by atoms with van der Waals surface area (Å²) in [5, 5.41) is 7.80. The highest BCUT2D eigenvalue weighted by Gasteiger charge is 2.16. The lowest BCUT2D eigenvalue weighted by atomic mass is 9.96. The van der Waals surface area contributed by atoms with E-state index in [9.17, 15) is 0 Å². The zero-order chi connectivity index (χ0) is 17.2. The van der Waals surface area contributed by atoms with Crippen molar-refractivity contribution in [3.63, 3.8) is 0 Å². The number of nitrogens with zero attached hydrogens (tertiary/aromatic N) is 4. The Morgan fingerprint density at radius 1 is 1.12 bits per heavy atom. The molecule has 25 heavy (non-hydrogen) atoms. The van der Waals surface area contributed by atoms with Gasteiger partial charge in [0.2, 0.25) is 0 Å². The number of hydrogen-bond donors (Lipinski definition) is 1. The molecule has 1 aliphatic rings. The van der Waals surface area contributed by atoms with Gasteiger partial charge in [-0.05, 0) is 49.8 Å². The molecule has 0 unspecified atom stereocenters. The highest BCUT2D eigenvalue weighted by Crippen LogP contribution is 2.26. The van der Waals surface area contributed by atoms with Crippen LogP contribution < -0.4 is 5.32 Å². The van der Waals surface area contributed by atoms with Gasteiger partial charge in [0.05, 0.1) is 6.20 Å². The molecule has 1 aliphatic carbocycles. The Balaban J connectivity index is 1.55. The Labute approximate surface area is 148 Å². The predicted octanol–water partition coefficient (Wildman–Crippen LogP) is 3.68. The van der Waals surface area contributed by atoms with Crippen molar-refractivity contribution in [1.29, 1.82) is 0 Å². The van der Waals surface area contributed by atoms with E-state index in [1.54, 1.807) is 0 Å². The maximum absolute atomic E-state index is 4.65. The van der Waals surface area contributed by atoms with E-state index in [0.717, 1.165) is 36.6 Å². The largest absolute Gasteiger partial charge is 0.366 e. The van der Waals surface area contributed by atoms with Gasteiger partial charge < -0.3 is 5.32 Å². The molecule has 1 N–H and O–H groups in total. The third kappa shape index (κ3) is 3.40. The van der Waals surface area contributed by atoms with Crippen LogP contribution in [0, 0.1) is 6.92 Å². The number of aryl methyl sites for hydroxylation is 3. The molecular weight excluding hydrogens is 310 g/mol. The first-order valence-corrected chi connectivity index (χ1v) is 8.87. The first-order valence-electron chi connectivity index (χ1n) is 8.87. The molecule has 0 radical (unpaired) electrons. The molecule has 128 valence electrons. The monoisotopic (exact) mass is 333 g/mol. The second-order valence-electron chi connectivity index (χ2n) is 6.71. The second-order valence-corrected chi connectivity index (χ2v) is 6.71. The fourth-order valence-electron chi connectivity index (χ4n) is 3.48. The van der Waals surface area contributed by atoms with Crippen LogP contribution in [-0.2, 0) is 26.4 Å². The number of fused-ring (bicyclic) bond motifs is 1. The van der Waals surface area contributed by atoms with Gasteiger partial charge in [-0.1, -0.05) is 18.2 Å². The van der Waals surface area contributed by atoms with Crippen molar-refractivity contribution in [3.05, 3.63) is 59.3 Å². The molecule has 3 aromatic rings. The van der Waals surface area contributed by atoms with E-state index in [1.807, 2.05) is 31.0 Å². The summed E-state index contributed by atoms with van der Waals surface area (Å²) in [6.07, 6.45) is 8.55. The summed E-state index contributed by atoms with van der Waals surface area (Å²) >= 11 is 0. The third-order valence-corrected chi connectivity index (χ3v) is 4.72. The Bertz CT molecular complexity index is 897. The van der Waals surface area contributed by atoms with Crippen LogP contribution in [0.3, 0.4) is 0 Å². The first kappa shape index (κ1) is 15.8. The van der Waals surface area contributed by atoms with Crippen LogP contribution in [0.2, 0.25) is 0 Å². The average molecular weight is 333 g/mol. The standard InChI is InChI=1S/C20H23N5/c1-14-23-19-9-4-3-8-18(19)20(24-14)21-11-15-6-5-7-16(10-15)17-12-22-25(2)13-17/h5-7,10,12-13H,3-4,8-9,11H2,1-2H3,(H,21,23,24). The molecule has 5 heteroatoms. The minimum absolute atomic E-state index is 0.761. The summed E-state index contributed by atoms with van der Waals surface area (Å²) in [5.74, 6) is 1.86. The van der Waals surface area contributed by atoms with Crippen LogP contribution in [-0.4, -0.2) is 19.7 Å². The molecule has 0 saturated carbocycles. The Kier molecular flexibility index (Phi) is 4.22. The zero-order valence-electron chi connectivity index (χ0n) is 14.8. The lowest BCUT2D eigenvalue weighted by molar-refractivity contribution is 0.659. The maximum atomic E-state index is 4.65. The van der Waals surface area contributed by atoms with Gasteiger partial charge in [-0.3, -0.25) is 4.68 Å². The summed E-state index contributed by atoms with van der Waals surface area (Å²) in [7, 11) is 1.94. The lowest BCUT2D eigenvalue weighted by Gasteiger charge is -2.19. The molecule has 0 spiro atoms. The number of anilines is 1. The van der Waals surface area contributed by atoms with E-state index < -0.39 is 0 Å². The van der Waals surface area contributed by atoms with Gasteiger partial charge in [-0.25, -0.2) is 9.97 Å². The number of rotatable bonds is 4. The van der Waals surface area contributed by atoms with E-state index in [4.69, 9.17) is 0 Å². The van der Waals surface area contributed by atoms with Crippen LogP contribution >= 0.6 is 0 Å². The topological polar surface area (TPSA) is 55.6 Å². The number of aromatic nitrogens is 4. The third-order valence-electron chi connectivity index (χ3n) is 4.72. The Hall–Kier alpha value is -2.69. The molecule has 2 aromatic heterocycles. The Morgan fingerprint density at radius 3 is 2.84 bits per heavy atom. The fraction of sp³-hybridized carbons (Fsp3) is 0.350. The number of hydrogen-bond acceptors (Lipinski definition) is 4. The van der Waals surface area contributed by atoms with Crippen molar-refractivity contribution in [2.45, 2.75) is 39.2 Å². The minimum Gasteiger partial charge on any atom is -0.366 e. The highest BCUT2D eigenvalue weighted by molar-refractivity contribution is 5.62. The molecule has 0 atom stereocenters. The van der Waals surface area contributed by atoms with Gasteiger partial charge in [-0.2, -0.15) is 5.10 Å². The molecule has 0 bridgehead atoms. The van der Waals surface area contributed by atoms with E-state index in [-0.39, 0.29) is 0 Å². The fourth-order valence-corrected chi connectivity index (χ4v) is 3.48. The van der Waals surface area contributed by atoms with Gasteiger partial charge in [0.15, 0.2) is 0 Å². The molecule has 2 heterocycles. The van der Waals surface area contributed by atoms with Gasteiger partial charge in [0.1, 0.15) is 11.6 Å². The predicted molar refractivity (Wildman–Crippen MR) is 99.4 cm³/mol. The summed E-state index contributed by atoms with van der Waals surface area (Å²) in [4.78, 5) is 9.27. The molecule has 4 rings (SSSR count). The molecule has 0 fully saturated rings. The van der Waals surface area contributed by atoms with Crippen LogP contribution in [0.4, 0.5) is 5.82 Å². The van der Waals surface area contributed by atoms with E-state index in [2.05, 4.69) is 44.6 Å². The normalized spacial score (nSPS) is 13.5. The summed E-state index contributed by atoms with van der Waals surface area (Å²) in [6.45, 7) is 2.74. The molecule has 0 amide bonds. The van der Waals surface area contributed by atoms with Crippen molar-refractivity contribution in [1.82, 2.24) is 19.7 Å². The van der Waals surface area contributed by atoms with E-state index in [1.165, 1.54) is 35.2 Å². The van der Waals surface area contributed by atoms with Crippen molar-refractivity contribution in [3.8, 4) is 11.1 Å². The van der Waals surface area contributed by atoms with Gasteiger partial charge in [0, 0.05) is 36.6 Å². The Morgan fingerprint density at radius 2 is 2.00 bits per heavy atom. The molecule has 0 aliphatic heterocycles. The second kappa shape index (κ2) is 6.67. The van der Waals surface area contributed by atoms with E-state index >= 15 is 0 Å². The van der Waals surface area contributed by atoms with Crippen LogP contribution in [0.15, 0.2) is 36.7 Å². The van der Waals surface area contributed by atoms with Gasteiger partial charge >= 0.3 is 0 Å². The lowest BCUT2D eigenvalue weighted by Crippen LogP contribution is -2.13. The van der Waals surface area contributed by atoms with Crippen LogP contribution in [0.5, 0.6) is 0 Å². The maximum Gasteiger partial charge on any atom is 0.133 e. The first-order chi connectivity index (χ1) is 12.2. The average Bonchev–Trinajstić information content (AvgIpc) is 3.06. The van der Waals surface area contributed by atoms with Crippen molar-refractivity contribution in [2.75, 3.05) is 5.32 Å².